The van der Waals surface area contributed by atoms with Crippen molar-refractivity contribution < 1.29 is 26.7 Å². The molecule has 2 fully saturated rings. The number of fused-ring (bicyclic) bond motifs is 1. The molecule has 0 bridgehead atoms. The topological polar surface area (TPSA) is 63.2 Å². The highest BCUT2D eigenvalue weighted by molar-refractivity contribution is 5.90. The number of pyridine rings is 1. The van der Waals surface area contributed by atoms with Crippen molar-refractivity contribution in [3.63, 3.8) is 0 Å². The molecule has 39 heavy (non-hydrogen) atoms. The lowest BCUT2D eigenvalue weighted by Gasteiger charge is -2.35. The maximum Gasteiger partial charge on any atom is 0.419 e. The quantitative estimate of drug-likeness (QED) is 0.341. The maximum atomic E-state index is 14.5. The molecule has 6 nitrogen and oxygen atoms in total. The number of benzene rings is 1. The molecule has 0 amide bonds. The van der Waals surface area contributed by atoms with E-state index >= 15 is 0 Å². The number of piperidine rings is 1. The zero-order valence-electron chi connectivity index (χ0n) is 22.6. The van der Waals surface area contributed by atoms with Crippen molar-refractivity contribution in [2.75, 3.05) is 30.4 Å². The van der Waals surface area contributed by atoms with Crippen LogP contribution >= 0.6 is 0 Å². The lowest BCUT2D eigenvalue weighted by molar-refractivity contribution is -0.140. The van der Waals surface area contributed by atoms with E-state index < -0.39 is 23.7 Å². The Bertz CT molecular complexity index is 1300. The molecule has 2 aromatic heterocycles. The number of alkyl halides is 4. The number of nitrogens with zero attached hydrogens (tertiary/aromatic N) is 4. The summed E-state index contributed by atoms with van der Waals surface area (Å²) < 4.78 is 73.5. The Morgan fingerprint density at radius 1 is 1.10 bits per heavy atom. The van der Waals surface area contributed by atoms with Crippen LogP contribution < -0.4 is 15.0 Å². The summed E-state index contributed by atoms with van der Waals surface area (Å²) in [6, 6.07) is 4.84. The van der Waals surface area contributed by atoms with E-state index in [1.807, 2.05) is 11.8 Å². The van der Waals surface area contributed by atoms with Crippen molar-refractivity contribution in [3.05, 3.63) is 47.0 Å². The minimum Gasteiger partial charge on any atom is -0.479 e. The second kappa shape index (κ2) is 11.9. The van der Waals surface area contributed by atoms with Crippen LogP contribution in [0.4, 0.5) is 33.5 Å². The Kier molecular flexibility index (Phi) is 8.76. The van der Waals surface area contributed by atoms with E-state index in [9.17, 15) is 22.0 Å². The normalized spacial score (nSPS) is 19.8. The van der Waals surface area contributed by atoms with E-state index in [1.165, 1.54) is 32.4 Å². The number of anilines is 2. The SMILES string of the molecule is CC1CCC1.COc1nc2nc(C)nc(NCc3cccc(C(F)(F)F)c3F)c2cc1N1CCC(C)C(F)C1. The van der Waals surface area contributed by atoms with Crippen LogP contribution in [0.1, 0.15) is 56.5 Å². The van der Waals surface area contributed by atoms with E-state index in [1.54, 1.807) is 13.0 Å². The second-order valence-corrected chi connectivity index (χ2v) is 10.4. The van der Waals surface area contributed by atoms with Gasteiger partial charge < -0.3 is 15.0 Å². The Labute approximate surface area is 225 Å². The highest BCUT2D eigenvalue weighted by atomic mass is 19.4. The molecule has 1 saturated carbocycles. The number of hydrogen-bond donors (Lipinski definition) is 1. The zero-order valence-corrected chi connectivity index (χ0v) is 22.6. The minimum absolute atomic E-state index is 0.0544. The summed E-state index contributed by atoms with van der Waals surface area (Å²) in [6.07, 6.45) is -0.688. The molecule has 1 N–H and O–H groups in total. The van der Waals surface area contributed by atoms with Gasteiger partial charge in [0.15, 0.2) is 5.65 Å². The van der Waals surface area contributed by atoms with Gasteiger partial charge in [-0.25, -0.2) is 18.7 Å². The van der Waals surface area contributed by atoms with Crippen molar-refractivity contribution in [3.8, 4) is 5.88 Å². The van der Waals surface area contributed by atoms with Gasteiger partial charge in [0.25, 0.3) is 0 Å². The van der Waals surface area contributed by atoms with Gasteiger partial charge in [-0.1, -0.05) is 45.2 Å². The van der Waals surface area contributed by atoms with Crippen LogP contribution in [0.3, 0.4) is 0 Å². The molecule has 1 saturated heterocycles. The third kappa shape index (κ3) is 6.67. The number of methoxy groups -OCH3 is 1. The number of nitrogens with one attached hydrogen (secondary N) is 1. The van der Waals surface area contributed by atoms with Crippen LogP contribution in [-0.2, 0) is 12.7 Å². The summed E-state index contributed by atoms with van der Waals surface area (Å²) in [5, 5.41) is 3.38. The molecule has 1 aliphatic heterocycles. The van der Waals surface area contributed by atoms with Crippen LogP contribution in [0.5, 0.6) is 5.88 Å². The van der Waals surface area contributed by atoms with Gasteiger partial charge in [-0.3, -0.25) is 0 Å². The highest BCUT2D eigenvalue weighted by Crippen LogP contribution is 2.36. The van der Waals surface area contributed by atoms with Crippen molar-refractivity contribution >= 4 is 22.5 Å². The standard InChI is InChI=1S/C23H24F5N5O.C5H10/c1-12-7-8-33(11-17(12)24)18-9-15-20(30-13(2)31-21(15)32-22(18)34-3)29-10-14-5-4-6-16(19(14)25)23(26,27)28;1-5-3-2-4-5/h4-6,9,12,17H,7-8,10-11H2,1-3H3,(H,29,30,31,32);5H,2-4H2,1H3. The van der Waals surface area contributed by atoms with Gasteiger partial charge >= 0.3 is 6.18 Å². The van der Waals surface area contributed by atoms with Crippen molar-refractivity contribution in [2.24, 2.45) is 11.8 Å². The van der Waals surface area contributed by atoms with Gasteiger partial charge in [0, 0.05) is 25.2 Å². The average molecular weight is 552 g/mol. The summed E-state index contributed by atoms with van der Waals surface area (Å²) >= 11 is 0. The fourth-order valence-corrected chi connectivity index (χ4v) is 4.62. The maximum absolute atomic E-state index is 14.5. The first-order valence-corrected chi connectivity index (χ1v) is 13.2. The molecule has 5 rings (SSSR count). The van der Waals surface area contributed by atoms with Crippen LogP contribution in [-0.4, -0.2) is 41.3 Å². The van der Waals surface area contributed by atoms with Crippen LogP contribution in [0, 0.1) is 24.6 Å². The Hall–Kier alpha value is -3.24. The number of aryl methyl sites for hydroxylation is 1. The van der Waals surface area contributed by atoms with E-state index in [0.717, 1.165) is 12.0 Å². The fraction of sp³-hybridized carbons (Fsp3) is 0.536. The molecule has 1 aromatic carbocycles. The van der Waals surface area contributed by atoms with Gasteiger partial charge in [-0.05, 0) is 37.3 Å². The first-order valence-electron chi connectivity index (χ1n) is 13.2. The molecule has 3 heterocycles. The summed E-state index contributed by atoms with van der Waals surface area (Å²) in [5.41, 5.74) is -0.636. The fourth-order valence-electron chi connectivity index (χ4n) is 4.62. The summed E-state index contributed by atoms with van der Waals surface area (Å²) in [5.74, 6) is 0.586. The molecule has 2 unspecified atom stereocenters. The molecule has 212 valence electrons. The minimum atomic E-state index is -4.80. The number of ether oxygens (including phenoxy) is 1. The molecule has 2 atom stereocenters. The van der Waals surface area contributed by atoms with Gasteiger partial charge in [0.05, 0.1) is 18.1 Å². The molecular formula is C28H34F5N5O. The number of rotatable bonds is 5. The number of hydrogen-bond acceptors (Lipinski definition) is 6. The predicted molar refractivity (Wildman–Crippen MR) is 141 cm³/mol. The molecule has 1 aliphatic carbocycles. The highest BCUT2D eigenvalue weighted by Gasteiger charge is 2.35. The summed E-state index contributed by atoms with van der Waals surface area (Å²) in [6.45, 7) is 6.35. The molecule has 11 heteroatoms. The van der Waals surface area contributed by atoms with Crippen LogP contribution in [0.2, 0.25) is 0 Å². The predicted octanol–water partition coefficient (Wildman–Crippen LogP) is 7.10. The molecule has 0 radical (unpaired) electrons. The van der Waals surface area contributed by atoms with Gasteiger partial charge in [-0.2, -0.15) is 18.2 Å². The average Bonchev–Trinajstić information content (AvgIpc) is 2.87. The van der Waals surface area contributed by atoms with Crippen molar-refractivity contribution in [2.45, 2.75) is 65.3 Å². The second-order valence-electron chi connectivity index (χ2n) is 10.4. The number of aromatic nitrogens is 3. The van der Waals surface area contributed by atoms with Crippen molar-refractivity contribution in [1.82, 2.24) is 15.0 Å². The van der Waals surface area contributed by atoms with E-state index in [4.69, 9.17) is 4.74 Å². The van der Waals surface area contributed by atoms with E-state index in [2.05, 4.69) is 27.2 Å². The third-order valence-electron chi connectivity index (χ3n) is 7.37. The Balaban J connectivity index is 0.000000634. The summed E-state index contributed by atoms with van der Waals surface area (Å²) in [4.78, 5) is 15.0. The Morgan fingerprint density at radius 3 is 2.41 bits per heavy atom. The van der Waals surface area contributed by atoms with Crippen LogP contribution in [0.25, 0.3) is 11.0 Å². The van der Waals surface area contributed by atoms with E-state index in [-0.39, 0.29) is 36.3 Å². The van der Waals surface area contributed by atoms with Crippen LogP contribution in [0.15, 0.2) is 24.3 Å². The van der Waals surface area contributed by atoms with Gasteiger partial charge in [0.2, 0.25) is 5.88 Å². The molecular weight excluding hydrogens is 517 g/mol. The first-order chi connectivity index (χ1) is 18.5. The van der Waals surface area contributed by atoms with E-state index in [0.29, 0.717) is 41.6 Å². The third-order valence-corrected chi connectivity index (χ3v) is 7.37. The lowest BCUT2D eigenvalue weighted by Crippen LogP contribution is -2.41. The molecule has 3 aromatic rings. The molecule has 2 aliphatic rings. The zero-order chi connectivity index (χ0) is 28.3. The smallest absolute Gasteiger partial charge is 0.419 e. The Morgan fingerprint density at radius 2 is 1.82 bits per heavy atom. The summed E-state index contributed by atoms with van der Waals surface area (Å²) in [7, 11) is 1.46. The van der Waals surface area contributed by atoms with Gasteiger partial charge in [0.1, 0.15) is 29.3 Å². The number of halogens is 5. The lowest BCUT2D eigenvalue weighted by atomic mass is 9.88. The van der Waals surface area contributed by atoms with Crippen molar-refractivity contribution in [1.29, 1.82) is 0 Å². The molecule has 0 spiro atoms. The largest absolute Gasteiger partial charge is 0.479 e. The monoisotopic (exact) mass is 551 g/mol. The van der Waals surface area contributed by atoms with Gasteiger partial charge in [-0.15, -0.1) is 0 Å². The first kappa shape index (κ1) is 28.8.